The van der Waals surface area contributed by atoms with Crippen LogP contribution in [0.2, 0.25) is 0 Å². The van der Waals surface area contributed by atoms with Gasteiger partial charge >= 0.3 is 0 Å². The number of amides is 1. The fourth-order valence-corrected chi connectivity index (χ4v) is 4.10. The molecule has 1 aromatic heterocycles. The van der Waals surface area contributed by atoms with E-state index in [1.54, 1.807) is 26.2 Å². The first-order valence-electron chi connectivity index (χ1n) is 12.2. The average molecular weight is 484 g/mol. The molecular weight excluding hydrogens is 450 g/mol. The Hall–Kier alpha value is -3.50. The summed E-state index contributed by atoms with van der Waals surface area (Å²) in [6, 6.07) is 21.9. The van der Waals surface area contributed by atoms with Gasteiger partial charge in [-0.1, -0.05) is 60.4 Å². The van der Waals surface area contributed by atoms with E-state index in [0.717, 1.165) is 22.3 Å². The molecule has 186 valence electrons. The average Bonchev–Trinajstić information content (AvgIpc) is 3.01. The SMILES string of the molecule is CC(C)(O)C#Cc1ccc(CN2CC(=O)N(Cc3cccnc3)CC(OCc3ccccc3)C2)cc1. The number of benzene rings is 2. The molecule has 2 heterocycles. The molecule has 1 aliphatic heterocycles. The largest absolute Gasteiger partial charge is 0.378 e. The van der Waals surface area contributed by atoms with E-state index in [-0.39, 0.29) is 12.0 Å². The lowest BCUT2D eigenvalue weighted by Crippen LogP contribution is -2.37. The number of hydrogen-bond acceptors (Lipinski definition) is 5. The van der Waals surface area contributed by atoms with Crippen LogP contribution in [0.5, 0.6) is 0 Å². The Labute approximate surface area is 213 Å². The molecule has 36 heavy (non-hydrogen) atoms. The minimum atomic E-state index is -1.03. The Balaban J connectivity index is 1.46. The minimum Gasteiger partial charge on any atom is -0.378 e. The van der Waals surface area contributed by atoms with Crippen LogP contribution in [-0.2, 0) is 29.2 Å². The van der Waals surface area contributed by atoms with Crippen LogP contribution in [0.3, 0.4) is 0 Å². The first-order valence-corrected chi connectivity index (χ1v) is 12.2. The van der Waals surface area contributed by atoms with Gasteiger partial charge in [0, 0.05) is 44.1 Å². The van der Waals surface area contributed by atoms with Crippen LogP contribution in [0.1, 0.15) is 36.1 Å². The van der Waals surface area contributed by atoms with Crippen molar-refractivity contribution in [2.24, 2.45) is 0 Å². The smallest absolute Gasteiger partial charge is 0.237 e. The lowest BCUT2D eigenvalue weighted by Gasteiger charge is -2.25. The maximum Gasteiger partial charge on any atom is 0.237 e. The Morgan fingerprint density at radius 1 is 0.972 bits per heavy atom. The van der Waals surface area contributed by atoms with Gasteiger partial charge in [0.15, 0.2) is 0 Å². The molecule has 4 rings (SSSR count). The maximum absolute atomic E-state index is 13.2. The molecule has 6 heteroatoms. The van der Waals surface area contributed by atoms with Crippen molar-refractivity contribution in [3.8, 4) is 11.8 Å². The van der Waals surface area contributed by atoms with Crippen LogP contribution in [0.15, 0.2) is 79.1 Å². The van der Waals surface area contributed by atoms with Crippen LogP contribution in [0, 0.1) is 11.8 Å². The number of hydrogen-bond donors (Lipinski definition) is 1. The molecule has 0 saturated carbocycles. The highest BCUT2D eigenvalue weighted by molar-refractivity contribution is 5.78. The number of carbonyl (C=O) groups excluding carboxylic acids is 1. The van der Waals surface area contributed by atoms with Gasteiger partial charge in [-0.25, -0.2) is 0 Å². The van der Waals surface area contributed by atoms with Gasteiger partial charge in [0.2, 0.25) is 5.91 Å². The zero-order valence-electron chi connectivity index (χ0n) is 20.9. The van der Waals surface area contributed by atoms with E-state index in [9.17, 15) is 9.90 Å². The molecule has 1 aliphatic rings. The number of nitrogens with zero attached hydrogens (tertiary/aromatic N) is 3. The minimum absolute atomic E-state index is 0.0809. The lowest BCUT2D eigenvalue weighted by atomic mass is 10.1. The molecule has 0 aliphatic carbocycles. The summed E-state index contributed by atoms with van der Waals surface area (Å²) in [5.41, 5.74) is 3.03. The quantitative estimate of drug-likeness (QED) is 0.520. The third-order valence-electron chi connectivity index (χ3n) is 5.90. The molecule has 0 spiro atoms. The topological polar surface area (TPSA) is 65.9 Å². The van der Waals surface area contributed by atoms with Crippen molar-refractivity contribution >= 4 is 5.91 Å². The van der Waals surface area contributed by atoms with Crippen LogP contribution >= 0.6 is 0 Å². The van der Waals surface area contributed by atoms with Gasteiger partial charge in [-0.3, -0.25) is 14.7 Å². The first-order chi connectivity index (χ1) is 17.3. The molecule has 1 N–H and O–H groups in total. The van der Waals surface area contributed by atoms with E-state index in [2.05, 4.69) is 33.9 Å². The number of aliphatic hydroxyl groups is 1. The molecule has 0 radical (unpaired) electrons. The summed E-state index contributed by atoms with van der Waals surface area (Å²) >= 11 is 0. The molecule has 1 fully saturated rings. The number of ether oxygens (including phenoxy) is 1. The second-order valence-electron chi connectivity index (χ2n) is 9.73. The summed E-state index contributed by atoms with van der Waals surface area (Å²) in [5, 5.41) is 9.83. The van der Waals surface area contributed by atoms with E-state index in [0.29, 0.717) is 39.3 Å². The Bertz CT molecular complexity index is 1180. The zero-order chi connectivity index (χ0) is 25.4. The summed E-state index contributed by atoms with van der Waals surface area (Å²) in [7, 11) is 0. The Morgan fingerprint density at radius 2 is 1.72 bits per heavy atom. The van der Waals surface area contributed by atoms with Gasteiger partial charge in [0.1, 0.15) is 5.60 Å². The summed E-state index contributed by atoms with van der Waals surface area (Å²) in [4.78, 5) is 21.5. The fourth-order valence-electron chi connectivity index (χ4n) is 4.10. The van der Waals surface area contributed by atoms with Crippen molar-refractivity contribution in [1.82, 2.24) is 14.8 Å². The van der Waals surface area contributed by atoms with Gasteiger partial charge in [-0.05, 0) is 48.7 Å². The molecule has 6 nitrogen and oxygen atoms in total. The van der Waals surface area contributed by atoms with Crippen molar-refractivity contribution in [2.45, 2.75) is 45.2 Å². The second kappa shape index (κ2) is 12.0. The lowest BCUT2D eigenvalue weighted by molar-refractivity contribution is -0.132. The summed E-state index contributed by atoms with van der Waals surface area (Å²) in [6.45, 7) is 6.49. The van der Waals surface area contributed by atoms with Crippen molar-refractivity contribution < 1.29 is 14.6 Å². The van der Waals surface area contributed by atoms with E-state index < -0.39 is 5.60 Å². The highest BCUT2D eigenvalue weighted by Crippen LogP contribution is 2.16. The van der Waals surface area contributed by atoms with Crippen LogP contribution in [-0.4, -0.2) is 57.1 Å². The van der Waals surface area contributed by atoms with Crippen molar-refractivity contribution in [1.29, 1.82) is 0 Å². The number of aromatic nitrogens is 1. The highest BCUT2D eigenvalue weighted by Gasteiger charge is 2.28. The number of rotatable bonds is 7. The summed E-state index contributed by atoms with van der Waals surface area (Å²) in [5.74, 6) is 5.92. The predicted molar refractivity (Wildman–Crippen MR) is 140 cm³/mol. The zero-order valence-corrected chi connectivity index (χ0v) is 20.9. The third kappa shape index (κ3) is 8.03. The third-order valence-corrected chi connectivity index (χ3v) is 5.90. The Kier molecular flexibility index (Phi) is 8.50. The van der Waals surface area contributed by atoms with Crippen LogP contribution < -0.4 is 0 Å². The molecule has 2 aromatic carbocycles. The van der Waals surface area contributed by atoms with Crippen molar-refractivity contribution in [3.05, 3.63) is 101 Å². The Morgan fingerprint density at radius 3 is 2.42 bits per heavy atom. The number of carbonyl (C=O) groups is 1. The van der Waals surface area contributed by atoms with Gasteiger partial charge < -0.3 is 14.7 Å². The van der Waals surface area contributed by atoms with Crippen LogP contribution in [0.4, 0.5) is 0 Å². The van der Waals surface area contributed by atoms with E-state index in [1.165, 1.54) is 0 Å². The summed E-state index contributed by atoms with van der Waals surface area (Å²) < 4.78 is 6.32. The van der Waals surface area contributed by atoms with Crippen molar-refractivity contribution in [3.63, 3.8) is 0 Å². The highest BCUT2D eigenvalue weighted by atomic mass is 16.5. The molecular formula is C30H33N3O3. The standard InChI is InChI=1S/C30H33N3O3/c1-30(2,35)15-14-24-10-12-25(13-11-24)18-32-20-28(36-23-26-7-4-3-5-8-26)21-33(29(34)22-32)19-27-9-6-16-31-17-27/h3-13,16-17,28,35H,18-23H2,1-2H3. The maximum atomic E-state index is 13.2. The molecule has 0 bridgehead atoms. The molecule has 3 aromatic rings. The number of pyridine rings is 1. The van der Waals surface area contributed by atoms with E-state index in [1.807, 2.05) is 59.5 Å². The van der Waals surface area contributed by atoms with E-state index >= 15 is 0 Å². The van der Waals surface area contributed by atoms with Gasteiger partial charge in [0.05, 0.1) is 19.3 Å². The molecule has 1 amide bonds. The predicted octanol–water partition coefficient (Wildman–Crippen LogP) is 3.63. The second-order valence-corrected chi connectivity index (χ2v) is 9.73. The first kappa shape index (κ1) is 25.6. The van der Waals surface area contributed by atoms with E-state index in [4.69, 9.17) is 4.74 Å². The van der Waals surface area contributed by atoms with Gasteiger partial charge in [0.25, 0.3) is 0 Å². The monoisotopic (exact) mass is 483 g/mol. The summed E-state index contributed by atoms with van der Waals surface area (Å²) in [6.07, 6.45) is 3.42. The molecule has 1 atom stereocenters. The van der Waals surface area contributed by atoms with Crippen molar-refractivity contribution in [2.75, 3.05) is 19.6 Å². The van der Waals surface area contributed by atoms with Gasteiger partial charge in [-0.15, -0.1) is 0 Å². The van der Waals surface area contributed by atoms with Crippen LogP contribution in [0.25, 0.3) is 0 Å². The van der Waals surface area contributed by atoms with Gasteiger partial charge in [-0.2, -0.15) is 0 Å². The normalized spacial score (nSPS) is 16.8. The molecule has 1 unspecified atom stereocenters. The molecule has 1 saturated heterocycles. The fraction of sp³-hybridized carbons (Fsp3) is 0.333.